The van der Waals surface area contributed by atoms with Crippen LogP contribution < -0.4 is 15.8 Å². The van der Waals surface area contributed by atoms with Gasteiger partial charge in [-0.3, -0.25) is 4.79 Å². The second-order valence-electron chi connectivity index (χ2n) is 6.69. The number of amides is 1. The number of nitrogens with two attached hydrogens (primary N) is 1. The van der Waals surface area contributed by atoms with E-state index in [0.717, 1.165) is 17.7 Å². The van der Waals surface area contributed by atoms with E-state index in [2.05, 4.69) is 5.32 Å². The van der Waals surface area contributed by atoms with Crippen molar-refractivity contribution >= 4 is 23.3 Å². The van der Waals surface area contributed by atoms with Crippen LogP contribution in [-0.2, 0) is 22.3 Å². The second kappa shape index (κ2) is 9.86. The van der Waals surface area contributed by atoms with Gasteiger partial charge in [0.15, 0.2) is 6.61 Å². The van der Waals surface area contributed by atoms with Gasteiger partial charge in [-0.05, 0) is 35.9 Å². The number of carbonyl (C=O) groups excluding carboxylic acids is 2. The molecule has 0 bridgehead atoms. The van der Waals surface area contributed by atoms with Crippen LogP contribution in [0.4, 0.5) is 24.5 Å². The second-order valence-corrected chi connectivity index (χ2v) is 6.69. The SMILES string of the molecule is Nc1ccc(C(=O)OCc2ccccc2)cc1OCC(=O)Nc1ccccc1C(F)(F)F. The largest absolute Gasteiger partial charge is 0.482 e. The molecule has 3 aromatic carbocycles. The van der Waals surface area contributed by atoms with Gasteiger partial charge in [0.05, 0.1) is 22.5 Å². The fourth-order valence-corrected chi connectivity index (χ4v) is 2.76. The first kappa shape index (κ1) is 22.7. The molecule has 0 saturated heterocycles. The predicted octanol–water partition coefficient (Wildman–Crippen LogP) is 4.66. The van der Waals surface area contributed by atoms with E-state index in [0.29, 0.717) is 0 Å². The molecule has 0 atom stereocenters. The summed E-state index contributed by atoms with van der Waals surface area (Å²) in [7, 11) is 0. The summed E-state index contributed by atoms with van der Waals surface area (Å²) in [6, 6.07) is 17.8. The summed E-state index contributed by atoms with van der Waals surface area (Å²) < 4.78 is 49.7. The van der Waals surface area contributed by atoms with E-state index >= 15 is 0 Å². The molecule has 0 aliphatic carbocycles. The van der Waals surface area contributed by atoms with Gasteiger partial charge in [0.25, 0.3) is 5.91 Å². The molecular formula is C23H19F3N2O4. The number of alkyl halides is 3. The van der Waals surface area contributed by atoms with E-state index in [1.54, 1.807) is 12.1 Å². The Kier molecular flexibility index (Phi) is 6.99. The van der Waals surface area contributed by atoms with Crippen LogP contribution in [0.1, 0.15) is 21.5 Å². The molecular weight excluding hydrogens is 425 g/mol. The minimum absolute atomic E-state index is 0.0263. The van der Waals surface area contributed by atoms with Crippen molar-refractivity contribution in [1.82, 2.24) is 0 Å². The van der Waals surface area contributed by atoms with Crippen molar-refractivity contribution in [3.05, 3.63) is 89.5 Å². The maximum atomic E-state index is 13.1. The smallest absolute Gasteiger partial charge is 0.418 e. The molecule has 0 fully saturated rings. The number of ether oxygens (including phenoxy) is 2. The van der Waals surface area contributed by atoms with E-state index in [9.17, 15) is 22.8 Å². The van der Waals surface area contributed by atoms with Gasteiger partial charge < -0.3 is 20.5 Å². The summed E-state index contributed by atoms with van der Waals surface area (Å²) in [5.41, 5.74) is 5.55. The molecule has 6 nitrogen and oxygen atoms in total. The molecule has 3 rings (SSSR count). The lowest BCUT2D eigenvalue weighted by molar-refractivity contribution is -0.137. The Morgan fingerprint density at radius 3 is 2.34 bits per heavy atom. The van der Waals surface area contributed by atoms with Crippen LogP contribution in [0, 0.1) is 0 Å². The zero-order chi connectivity index (χ0) is 23.1. The molecule has 0 aliphatic rings. The molecule has 3 N–H and O–H groups in total. The first-order valence-electron chi connectivity index (χ1n) is 9.43. The van der Waals surface area contributed by atoms with E-state index in [1.165, 1.54) is 30.3 Å². The lowest BCUT2D eigenvalue weighted by Gasteiger charge is -2.14. The van der Waals surface area contributed by atoms with Crippen LogP contribution >= 0.6 is 0 Å². The first-order chi connectivity index (χ1) is 15.2. The number of rotatable bonds is 7. The molecule has 0 unspecified atom stereocenters. The fraction of sp³-hybridized carbons (Fsp3) is 0.130. The Hall–Kier alpha value is -4.01. The van der Waals surface area contributed by atoms with Gasteiger partial charge in [-0.1, -0.05) is 42.5 Å². The maximum absolute atomic E-state index is 13.1. The summed E-state index contributed by atoms with van der Waals surface area (Å²) in [5.74, 6) is -1.42. The van der Waals surface area contributed by atoms with E-state index in [4.69, 9.17) is 15.2 Å². The van der Waals surface area contributed by atoms with Crippen molar-refractivity contribution in [2.24, 2.45) is 0 Å². The molecule has 166 valence electrons. The van der Waals surface area contributed by atoms with E-state index < -0.39 is 30.2 Å². The van der Waals surface area contributed by atoms with Crippen molar-refractivity contribution < 1.29 is 32.2 Å². The number of esters is 1. The van der Waals surface area contributed by atoms with Gasteiger partial charge in [-0.2, -0.15) is 13.2 Å². The number of halogens is 3. The minimum Gasteiger partial charge on any atom is -0.482 e. The molecule has 0 radical (unpaired) electrons. The standard InChI is InChI=1S/C23H19F3N2O4/c24-23(25,26)17-8-4-5-9-19(17)28-21(29)14-31-20-12-16(10-11-18(20)27)22(30)32-13-15-6-2-1-3-7-15/h1-12H,13-14,27H2,(H,28,29). The summed E-state index contributed by atoms with van der Waals surface area (Å²) in [4.78, 5) is 24.4. The van der Waals surface area contributed by atoms with Gasteiger partial charge >= 0.3 is 12.1 Å². The van der Waals surface area contributed by atoms with Crippen LogP contribution in [0.25, 0.3) is 0 Å². The lowest BCUT2D eigenvalue weighted by atomic mass is 10.1. The number of hydrogen-bond donors (Lipinski definition) is 2. The van der Waals surface area contributed by atoms with E-state index in [-0.39, 0.29) is 29.3 Å². The van der Waals surface area contributed by atoms with Crippen LogP contribution in [0.2, 0.25) is 0 Å². The average molecular weight is 444 g/mol. The number of benzene rings is 3. The predicted molar refractivity (Wildman–Crippen MR) is 112 cm³/mol. The van der Waals surface area contributed by atoms with E-state index in [1.807, 2.05) is 18.2 Å². The molecule has 32 heavy (non-hydrogen) atoms. The van der Waals surface area contributed by atoms with Crippen molar-refractivity contribution in [2.45, 2.75) is 12.8 Å². The highest BCUT2D eigenvalue weighted by atomic mass is 19.4. The third kappa shape index (κ3) is 6.00. The molecule has 1 amide bonds. The summed E-state index contributed by atoms with van der Waals surface area (Å²) in [5, 5.41) is 2.17. The third-order valence-electron chi connectivity index (χ3n) is 4.33. The van der Waals surface area contributed by atoms with Crippen molar-refractivity contribution in [1.29, 1.82) is 0 Å². The summed E-state index contributed by atoms with van der Waals surface area (Å²) >= 11 is 0. The Balaban J connectivity index is 1.62. The van der Waals surface area contributed by atoms with Gasteiger partial charge in [0.2, 0.25) is 0 Å². The number of nitrogens with one attached hydrogen (secondary N) is 1. The zero-order valence-corrected chi connectivity index (χ0v) is 16.7. The number of para-hydroxylation sites is 1. The quantitative estimate of drug-likeness (QED) is 0.409. The van der Waals surface area contributed by atoms with Gasteiger partial charge in [0.1, 0.15) is 12.4 Å². The Morgan fingerprint density at radius 2 is 1.62 bits per heavy atom. The van der Waals surface area contributed by atoms with Gasteiger partial charge in [-0.25, -0.2) is 4.79 Å². The monoisotopic (exact) mass is 444 g/mol. The molecule has 3 aromatic rings. The number of hydrogen-bond acceptors (Lipinski definition) is 5. The topological polar surface area (TPSA) is 90.7 Å². The first-order valence-corrected chi connectivity index (χ1v) is 9.43. The molecule has 0 saturated carbocycles. The minimum atomic E-state index is -4.62. The fourth-order valence-electron chi connectivity index (χ4n) is 2.76. The van der Waals surface area contributed by atoms with Crippen LogP contribution in [0.3, 0.4) is 0 Å². The Labute approximate surface area is 181 Å². The molecule has 0 spiro atoms. The van der Waals surface area contributed by atoms with Gasteiger partial charge in [0, 0.05) is 0 Å². The highest BCUT2D eigenvalue weighted by Crippen LogP contribution is 2.34. The van der Waals surface area contributed by atoms with Gasteiger partial charge in [-0.15, -0.1) is 0 Å². The van der Waals surface area contributed by atoms with Crippen molar-refractivity contribution in [3.8, 4) is 5.75 Å². The zero-order valence-electron chi connectivity index (χ0n) is 16.7. The third-order valence-corrected chi connectivity index (χ3v) is 4.33. The van der Waals surface area contributed by atoms with Crippen LogP contribution in [-0.4, -0.2) is 18.5 Å². The number of anilines is 2. The highest BCUT2D eigenvalue weighted by molar-refractivity contribution is 5.93. The molecule has 9 heteroatoms. The molecule has 0 heterocycles. The lowest BCUT2D eigenvalue weighted by Crippen LogP contribution is -2.22. The molecule has 0 aromatic heterocycles. The molecule has 0 aliphatic heterocycles. The number of nitrogen functional groups attached to an aromatic ring is 1. The average Bonchev–Trinajstić information content (AvgIpc) is 2.77. The van der Waals surface area contributed by atoms with Crippen LogP contribution in [0.5, 0.6) is 5.75 Å². The van der Waals surface area contributed by atoms with Crippen molar-refractivity contribution in [2.75, 3.05) is 17.7 Å². The van der Waals surface area contributed by atoms with Crippen LogP contribution in [0.15, 0.2) is 72.8 Å². The maximum Gasteiger partial charge on any atom is 0.418 e. The number of carbonyl (C=O) groups is 2. The Bertz CT molecular complexity index is 1100. The highest BCUT2D eigenvalue weighted by Gasteiger charge is 2.33. The summed E-state index contributed by atoms with van der Waals surface area (Å²) in [6.45, 7) is -0.541. The van der Waals surface area contributed by atoms with Crippen molar-refractivity contribution in [3.63, 3.8) is 0 Å². The Morgan fingerprint density at radius 1 is 0.938 bits per heavy atom. The summed E-state index contributed by atoms with van der Waals surface area (Å²) in [6.07, 6.45) is -4.62. The normalized spacial score (nSPS) is 11.0.